The fourth-order valence-electron chi connectivity index (χ4n) is 2.19. The molecule has 3 aromatic rings. The molecule has 1 aromatic heterocycles. The lowest BCUT2D eigenvalue weighted by atomic mass is 10.2. The Morgan fingerprint density at radius 3 is 2.96 bits per heavy atom. The van der Waals surface area contributed by atoms with Crippen LogP contribution >= 0.6 is 0 Å². The Balaban J connectivity index is 1.51. The number of carbonyl (C=O) groups excluding carboxylic acids is 1. The molecular formula is C17H16FN3O3. The van der Waals surface area contributed by atoms with Crippen LogP contribution in [-0.2, 0) is 0 Å². The van der Waals surface area contributed by atoms with Crippen LogP contribution in [0.25, 0.3) is 11.1 Å². The molecule has 0 atom stereocenters. The molecule has 2 N–H and O–H groups in total. The maximum atomic E-state index is 13.1. The molecule has 0 fully saturated rings. The molecule has 0 bridgehead atoms. The summed E-state index contributed by atoms with van der Waals surface area (Å²) < 4.78 is 23.6. The molecule has 0 spiro atoms. The van der Waals surface area contributed by atoms with Gasteiger partial charge in [-0.15, -0.1) is 0 Å². The van der Waals surface area contributed by atoms with Gasteiger partial charge in [-0.2, -0.15) is 4.98 Å². The van der Waals surface area contributed by atoms with Crippen LogP contribution in [0, 0.1) is 5.82 Å². The molecule has 6 nitrogen and oxygen atoms in total. The van der Waals surface area contributed by atoms with E-state index >= 15 is 0 Å². The van der Waals surface area contributed by atoms with Crippen molar-refractivity contribution in [2.45, 2.75) is 0 Å². The van der Waals surface area contributed by atoms with Crippen LogP contribution in [0.4, 0.5) is 10.4 Å². The van der Waals surface area contributed by atoms with E-state index in [1.54, 1.807) is 31.4 Å². The smallest absolute Gasteiger partial charge is 0.295 e. The highest BCUT2D eigenvalue weighted by Gasteiger charge is 2.08. The van der Waals surface area contributed by atoms with Gasteiger partial charge >= 0.3 is 0 Å². The van der Waals surface area contributed by atoms with Crippen molar-refractivity contribution in [3.63, 3.8) is 0 Å². The van der Waals surface area contributed by atoms with Crippen LogP contribution in [0.3, 0.4) is 0 Å². The van der Waals surface area contributed by atoms with E-state index in [9.17, 15) is 9.18 Å². The largest absolute Gasteiger partial charge is 0.497 e. The van der Waals surface area contributed by atoms with Gasteiger partial charge in [-0.3, -0.25) is 4.79 Å². The number of rotatable bonds is 6. The topological polar surface area (TPSA) is 76.4 Å². The number of anilines is 1. The number of methoxy groups -OCH3 is 1. The summed E-state index contributed by atoms with van der Waals surface area (Å²) in [4.78, 5) is 16.2. The van der Waals surface area contributed by atoms with E-state index in [0.717, 1.165) is 0 Å². The lowest BCUT2D eigenvalue weighted by Crippen LogP contribution is -2.28. The van der Waals surface area contributed by atoms with Gasteiger partial charge in [0, 0.05) is 24.7 Å². The molecule has 2 aromatic carbocycles. The lowest BCUT2D eigenvalue weighted by molar-refractivity contribution is 0.0954. The Hall–Kier alpha value is -3.09. The van der Waals surface area contributed by atoms with Gasteiger partial charge < -0.3 is 19.8 Å². The molecule has 0 saturated heterocycles. The van der Waals surface area contributed by atoms with Crippen molar-refractivity contribution in [3.05, 3.63) is 53.8 Å². The molecular weight excluding hydrogens is 313 g/mol. The number of hydrogen-bond acceptors (Lipinski definition) is 5. The summed E-state index contributed by atoms with van der Waals surface area (Å²) in [5.41, 5.74) is 1.46. The van der Waals surface area contributed by atoms with Gasteiger partial charge in [0.25, 0.3) is 11.9 Å². The van der Waals surface area contributed by atoms with E-state index in [1.807, 2.05) is 0 Å². The molecule has 3 rings (SSSR count). The summed E-state index contributed by atoms with van der Waals surface area (Å²) in [5, 5.41) is 5.72. The van der Waals surface area contributed by atoms with Crippen molar-refractivity contribution in [1.29, 1.82) is 0 Å². The first-order valence-electron chi connectivity index (χ1n) is 7.38. The normalized spacial score (nSPS) is 10.6. The number of fused-ring (bicyclic) bond motifs is 1. The Bertz CT molecular complexity index is 863. The van der Waals surface area contributed by atoms with Gasteiger partial charge in [0.15, 0.2) is 5.58 Å². The van der Waals surface area contributed by atoms with Gasteiger partial charge in [0.05, 0.1) is 7.11 Å². The first-order chi connectivity index (χ1) is 11.7. The number of carbonyl (C=O) groups is 1. The molecule has 0 unspecified atom stereocenters. The Morgan fingerprint density at radius 1 is 1.25 bits per heavy atom. The summed E-state index contributed by atoms with van der Waals surface area (Å²) in [7, 11) is 1.55. The van der Waals surface area contributed by atoms with Gasteiger partial charge in [-0.25, -0.2) is 4.39 Å². The van der Waals surface area contributed by atoms with Crippen LogP contribution in [0.2, 0.25) is 0 Å². The number of halogens is 1. The molecule has 0 aliphatic carbocycles. The lowest BCUT2D eigenvalue weighted by Gasteiger charge is -2.06. The molecule has 1 amide bonds. The average Bonchev–Trinajstić information content (AvgIpc) is 3.00. The first kappa shape index (κ1) is 15.8. The van der Waals surface area contributed by atoms with E-state index in [1.165, 1.54) is 18.2 Å². The molecule has 7 heteroatoms. The van der Waals surface area contributed by atoms with Gasteiger partial charge in [0.1, 0.15) is 17.1 Å². The Morgan fingerprint density at radius 2 is 2.12 bits per heavy atom. The maximum absolute atomic E-state index is 13.1. The average molecular weight is 329 g/mol. The molecule has 0 aliphatic heterocycles. The van der Waals surface area contributed by atoms with Crippen LogP contribution in [0.1, 0.15) is 10.4 Å². The summed E-state index contributed by atoms with van der Waals surface area (Å²) >= 11 is 0. The fourth-order valence-corrected chi connectivity index (χ4v) is 2.19. The minimum Gasteiger partial charge on any atom is -0.497 e. The summed E-state index contributed by atoms with van der Waals surface area (Å²) in [5.74, 6) is 0.0581. The second-order valence-corrected chi connectivity index (χ2v) is 5.05. The highest BCUT2D eigenvalue weighted by Crippen LogP contribution is 2.19. The van der Waals surface area contributed by atoms with Crippen LogP contribution < -0.4 is 15.4 Å². The summed E-state index contributed by atoms with van der Waals surface area (Å²) in [6.45, 7) is 0.800. The SMILES string of the molecule is COc1cccc(C(=O)NCCNc2nc3cc(F)ccc3o2)c1. The monoisotopic (exact) mass is 329 g/mol. The molecule has 0 saturated carbocycles. The van der Waals surface area contributed by atoms with Crippen molar-refractivity contribution in [3.8, 4) is 5.75 Å². The Labute approximate surface area is 137 Å². The second kappa shape index (κ2) is 6.99. The number of benzene rings is 2. The molecule has 1 heterocycles. The maximum Gasteiger partial charge on any atom is 0.295 e. The Kier molecular flexibility index (Phi) is 4.60. The van der Waals surface area contributed by atoms with E-state index in [-0.39, 0.29) is 17.7 Å². The standard InChI is InChI=1S/C17H16FN3O3/c1-23-13-4-2-3-11(9-13)16(22)19-7-8-20-17-21-14-10-12(18)5-6-15(14)24-17/h2-6,9-10H,7-8H2,1H3,(H,19,22)(H,20,21). The van der Waals surface area contributed by atoms with Gasteiger partial charge in [-0.05, 0) is 30.3 Å². The van der Waals surface area contributed by atoms with Crippen molar-refractivity contribution < 1.29 is 18.3 Å². The van der Waals surface area contributed by atoms with E-state index in [2.05, 4.69) is 15.6 Å². The van der Waals surface area contributed by atoms with Gasteiger partial charge in [0.2, 0.25) is 0 Å². The second-order valence-electron chi connectivity index (χ2n) is 5.05. The number of oxazole rings is 1. The quantitative estimate of drug-likeness (QED) is 0.680. The summed E-state index contributed by atoms with van der Waals surface area (Å²) in [6.07, 6.45) is 0. The van der Waals surface area contributed by atoms with Gasteiger partial charge in [-0.1, -0.05) is 6.07 Å². The molecule has 0 radical (unpaired) electrons. The fraction of sp³-hybridized carbons (Fsp3) is 0.176. The first-order valence-corrected chi connectivity index (χ1v) is 7.38. The molecule has 0 aliphatic rings. The van der Waals surface area contributed by atoms with Crippen molar-refractivity contribution in [2.24, 2.45) is 0 Å². The number of aromatic nitrogens is 1. The zero-order chi connectivity index (χ0) is 16.9. The van der Waals surface area contributed by atoms with Crippen molar-refractivity contribution in [1.82, 2.24) is 10.3 Å². The third-order valence-corrected chi connectivity index (χ3v) is 3.37. The molecule has 124 valence electrons. The van der Waals surface area contributed by atoms with Crippen molar-refractivity contribution >= 4 is 23.0 Å². The minimum atomic E-state index is -0.368. The van der Waals surface area contributed by atoms with Crippen LogP contribution in [0.15, 0.2) is 46.9 Å². The van der Waals surface area contributed by atoms with E-state index in [4.69, 9.17) is 9.15 Å². The molecule has 24 heavy (non-hydrogen) atoms. The van der Waals surface area contributed by atoms with E-state index in [0.29, 0.717) is 35.5 Å². The van der Waals surface area contributed by atoms with Crippen molar-refractivity contribution in [2.75, 3.05) is 25.5 Å². The number of nitrogens with one attached hydrogen (secondary N) is 2. The predicted octanol–water partition coefficient (Wildman–Crippen LogP) is 2.82. The third-order valence-electron chi connectivity index (χ3n) is 3.37. The number of ether oxygens (including phenoxy) is 1. The number of nitrogens with zero attached hydrogens (tertiary/aromatic N) is 1. The van der Waals surface area contributed by atoms with Crippen LogP contribution in [-0.4, -0.2) is 31.1 Å². The van der Waals surface area contributed by atoms with E-state index < -0.39 is 0 Å². The number of hydrogen-bond donors (Lipinski definition) is 2. The zero-order valence-corrected chi connectivity index (χ0v) is 13.0. The highest BCUT2D eigenvalue weighted by atomic mass is 19.1. The van der Waals surface area contributed by atoms with Crippen LogP contribution in [0.5, 0.6) is 5.75 Å². The summed E-state index contributed by atoms with van der Waals surface area (Å²) in [6, 6.07) is 11.3. The number of amides is 1. The zero-order valence-electron chi connectivity index (χ0n) is 13.0. The predicted molar refractivity (Wildman–Crippen MR) is 87.8 cm³/mol. The highest BCUT2D eigenvalue weighted by molar-refractivity contribution is 5.94. The minimum absolute atomic E-state index is 0.199. The third kappa shape index (κ3) is 3.62.